The van der Waals surface area contributed by atoms with Crippen LogP contribution >= 0.6 is 0 Å². The fourth-order valence-corrected chi connectivity index (χ4v) is 2.82. The van der Waals surface area contributed by atoms with E-state index in [1.165, 1.54) is 38.9 Å². The SMILES string of the molecule is CCN1CC2C[C@@H](N)CC[C@@H]2C1. The van der Waals surface area contributed by atoms with Crippen molar-refractivity contribution in [1.82, 2.24) is 4.90 Å². The number of rotatable bonds is 1. The van der Waals surface area contributed by atoms with Crippen molar-refractivity contribution in [3.05, 3.63) is 0 Å². The fraction of sp³-hybridized carbons (Fsp3) is 1.00. The van der Waals surface area contributed by atoms with E-state index in [9.17, 15) is 0 Å². The predicted octanol–water partition coefficient (Wildman–Crippen LogP) is 1.07. The smallest absolute Gasteiger partial charge is 0.00421 e. The minimum absolute atomic E-state index is 0.503. The molecule has 2 heteroatoms. The molecule has 1 unspecified atom stereocenters. The Morgan fingerprint density at radius 2 is 2.00 bits per heavy atom. The van der Waals surface area contributed by atoms with Crippen molar-refractivity contribution in [2.24, 2.45) is 17.6 Å². The number of hydrogen-bond acceptors (Lipinski definition) is 2. The maximum atomic E-state index is 5.96. The summed E-state index contributed by atoms with van der Waals surface area (Å²) in [6, 6.07) is 0.503. The van der Waals surface area contributed by atoms with Crippen LogP contribution in [0.25, 0.3) is 0 Å². The van der Waals surface area contributed by atoms with Gasteiger partial charge in [-0.05, 0) is 37.6 Å². The second-order valence-electron chi connectivity index (χ2n) is 4.45. The highest BCUT2D eigenvalue weighted by molar-refractivity contribution is 4.90. The van der Waals surface area contributed by atoms with E-state index in [4.69, 9.17) is 5.73 Å². The van der Waals surface area contributed by atoms with Crippen LogP contribution in [0.4, 0.5) is 0 Å². The molecule has 1 aliphatic carbocycles. The third-order valence-corrected chi connectivity index (χ3v) is 3.61. The Morgan fingerprint density at radius 1 is 1.25 bits per heavy atom. The third-order valence-electron chi connectivity index (χ3n) is 3.61. The quantitative estimate of drug-likeness (QED) is 0.634. The van der Waals surface area contributed by atoms with Gasteiger partial charge in [0.2, 0.25) is 0 Å². The first-order valence-electron chi connectivity index (χ1n) is 5.27. The summed E-state index contributed by atoms with van der Waals surface area (Å²) in [6.07, 6.45) is 3.92. The molecule has 0 bridgehead atoms. The van der Waals surface area contributed by atoms with E-state index in [-0.39, 0.29) is 0 Å². The molecule has 0 aromatic heterocycles. The molecule has 1 saturated carbocycles. The van der Waals surface area contributed by atoms with Gasteiger partial charge >= 0.3 is 0 Å². The number of nitrogens with two attached hydrogens (primary N) is 1. The van der Waals surface area contributed by atoms with Gasteiger partial charge in [-0.25, -0.2) is 0 Å². The maximum Gasteiger partial charge on any atom is 0.00421 e. The molecule has 2 aliphatic rings. The molecule has 1 heterocycles. The maximum absolute atomic E-state index is 5.96. The molecule has 2 N–H and O–H groups in total. The van der Waals surface area contributed by atoms with E-state index < -0.39 is 0 Å². The van der Waals surface area contributed by atoms with Gasteiger partial charge in [0, 0.05) is 19.1 Å². The molecular weight excluding hydrogens is 148 g/mol. The Morgan fingerprint density at radius 3 is 2.75 bits per heavy atom. The van der Waals surface area contributed by atoms with Gasteiger partial charge in [-0.2, -0.15) is 0 Å². The van der Waals surface area contributed by atoms with Crippen LogP contribution in [0.1, 0.15) is 26.2 Å². The van der Waals surface area contributed by atoms with Crippen molar-refractivity contribution in [2.45, 2.75) is 32.2 Å². The molecular formula is C10H20N2. The lowest BCUT2D eigenvalue weighted by molar-refractivity contribution is 0.271. The summed E-state index contributed by atoms with van der Waals surface area (Å²) in [4.78, 5) is 2.58. The van der Waals surface area contributed by atoms with E-state index in [1.54, 1.807) is 0 Å². The molecule has 1 saturated heterocycles. The monoisotopic (exact) mass is 168 g/mol. The van der Waals surface area contributed by atoms with Crippen molar-refractivity contribution < 1.29 is 0 Å². The van der Waals surface area contributed by atoms with Gasteiger partial charge in [-0.1, -0.05) is 6.92 Å². The van der Waals surface area contributed by atoms with Crippen LogP contribution in [-0.2, 0) is 0 Å². The van der Waals surface area contributed by atoms with Crippen molar-refractivity contribution in [3.8, 4) is 0 Å². The van der Waals surface area contributed by atoms with Gasteiger partial charge in [0.05, 0.1) is 0 Å². The van der Waals surface area contributed by atoms with Crippen LogP contribution < -0.4 is 5.73 Å². The Balaban J connectivity index is 1.93. The van der Waals surface area contributed by atoms with Crippen molar-refractivity contribution in [3.63, 3.8) is 0 Å². The summed E-state index contributed by atoms with van der Waals surface area (Å²) >= 11 is 0. The molecule has 0 spiro atoms. The van der Waals surface area contributed by atoms with Gasteiger partial charge < -0.3 is 10.6 Å². The first kappa shape index (κ1) is 8.52. The highest BCUT2D eigenvalue weighted by Crippen LogP contribution is 2.35. The summed E-state index contributed by atoms with van der Waals surface area (Å²) in [7, 11) is 0. The van der Waals surface area contributed by atoms with Crippen molar-refractivity contribution >= 4 is 0 Å². The summed E-state index contributed by atoms with van der Waals surface area (Å²) < 4.78 is 0. The van der Waals surface area contributed by atoms with Crippen LogP contribution in [-0.4, -0.2) is 30.6 Å². The lowest BCUT2D eigenvalue weighted by Crippen LogP contribution is -2.32. The molecule has 0 aromatic carbocycles. The highest BCUT2D eigenvalue weighted by atomic mass is 15.1. The largest absolute Gasteiger partial charge is 0.328 e. The summed E-state index contributed by atoms with van der Waals surface area (Å²) in [5.74, 6) is 1.90. The summed E-state index contributed by atoms with van der Waals surface area (Å²) in [5.41, 5.74) is 5.96. The van der Waals surface area contributed by atoms with E-state index >= 15 is 0 Å². The zero-order valence-corrected chi connectivity index (χ0v) is 8.00. The van der Waals surface area contributed by atoms with E-state index in [0.29, 0.717) is 6.04 Å². The number of nitrogens with zero attached hydrogens (tertiary/aromatic N) is 1. The minimum Gasteiger partial charge on any atom is -0.328 e. The molecule has 2 nitrogen and oxygen atoms in total. The fourth-order valence-electron chi connectivity index (χ4n) is 2.82. The first-order valence-corrected chi connectivity index (χ1v) is 5.27. The summed E-state index contributed by atoms with van der Waals surface area (Å²) in [6.45, 7) is 6.14. The van der Waals surface area contributed by atoms with E-state index in [1.807, 2.05) is 0 Å². The third kappa shape index (κ3) is 1.50. The van der Waals surface area contributed by atoms with Crippen LogP contribution in [0.2, 0.25) is 0 Å². The van der Waals surface area contributed by atoms with Gasteiger partial charge in [0.1, 0.15) is 0 Å². The molecule has 0 aromatic rings. The first-order chi connectivity index (χ1) is 5.79. The molecule has 70 valence electrons. The Labute approximate surface area is 75.1 Å². The molecule has 2 rings (SSSR count). The Kier molecular flexibility index (Phi) is 2.37. The standard InChI is InChI=1S/C10H20N2/c1-2-12-6-8-3-4-10(11)5-9(8)7-12/h8-10H,2-7,11H2,1H3/t8-,9?,10+/m1/s1. The predicted molar refractivity (Wildman–Crippen MR) is 50.9 cm³/mol. The van der Waals surface area contributed by atoms with Crippen molar-refractivity contribution in [2.75, 3.05) is 19.6 Å². The average molecular weight is 168 g/mol. The molecule has 2 fully saturated rings. The Hall–Kier alpha value is -0.0800. The molecule has 0 radical (unpaired) electrons. The van der Waals surface area contributed by atoms with Gasteiger partial charge in [-0.15, -0.1) is 0 Å². The van der Waals surface area contributed by atoms with Crippen molar-refractivity contribution in [1.29, 1.82) is 0 Å². The molecule has 1 aliphatic heterocycles. The summed E-state index contributed by atoms with van der Waals surface area (Å²) in [5, 5.41) is 0. The molecule has 3 atom stereocenters. The van der Waals surface area contributed by atoms with Gasteiger partial charge in [0.25, 0.3) is 0 Å². The lowest BCUT2D eigenvalue weighted by Gasteiger charge is -2.28. The van der Waals surface area contributed by atoms with Gasteiger partial charge in [0.15, 0.2) is 0 Å². The number of hydrogen-bond donors (Lipinski definition) is 1. The second-order valence-corrected chi connectivity index (χ2v) is 4.45. The normalized spacial score (nSPS) is 43.0. The van der Waals surface area contributed by atoms with Crippen LogP contribution in [0, 0.1) is 11.8 Å². The Bertz CT molecular complexity index is 158. The minimum atomic E-state index is 0.503. The van der Waals surface area contributed by atoms with Crippen LogP contribution in [0.15, 0.2) is 0 Å². The number of fused-ring (bicyclic) bond motifs is 1. The van der Waals surface area contributed by atoms with E-state index in [0.717, 1.165) is 11.8 Å². The zero-order chi connectivity index (χ0) is 8.55. The second kappa shape index (κ2) is 3.35. The van der Waals surface area contributed by atoms with Crippen LogP contribution in [0.5, 0.6) is 0 Å². The van der Waals surface area contributed by atoms with E-state index in [2.05, 4.69) is 11.8 Å². The lowest BCUT2D eigenvalue weighted by atomic mass is 9.79. The highest BCUT2D eigenvalue weighted by Gasteiger charge is 2.35. The van der Waals surface area contributed by atoms with Crippen LogP contribution in [0.3, 0.4) is 0 Å². The molecule has 0 amide bonds. The van der Waals surface area contributed by atoms with Gasteiger partial charge in [-0.3, -0.25) is 0 Å². The topological polar surface area (TPSA) is 29.3 Å². The average Bonchev–Trinajstić information content (AvgIpc) is 2.46. The number of likely N-dealkylation sites (tertiary alicyclic amines) is 1. The molecule has 12 heavy (non-hydrogen) atoms. The zero-order valence-electron chi connectivity index (χ0n) is 8.00.